The largest absolute Gasteiger partial charge is 0.497 e. The first-order chi connectivity index (χ1) is 14.7. The molecule has 1 N–H and O–H groups in total. The smallest absolute Gasteiger partial charge is 0.259 e. The highest BCUT2D eigenvalue weighted by Crippen LogP contribution is 2.26. The fourth-order valence-electron chi connectivity index (χ4n) is 2.99. The summed E-state index contributed by atoms with van der Waals surface area (Å²) in [5, 5.41) is 8.50. The summed E-state index contributed by atoms with van der Waals surface area (Å²) in [5.41, 5.74) is 3.39. The number of amides is 1. The molecule has 0 saturated carbocycles. The molecule has 2 aromatic carbocycles. The van der Waals surface area contributed by atoms with Crippen LogP contribution >= 0.6 is 11.8 Å². The molecule has 0 aliphatic carbocycles. The molecule has 6 nitrogen and oxygen atoms in total. The van der Waals surface area contributed by atoms with Crippen LogP contribution in [0.15, 0.2) is 84.1 Å². The SMILES string of the molecule is COc1ccc(-c2nn(-c3ccccc3)cc2C(=O)Nc2ccc(SC)nc2)cc1. The van der Waals surface area contributed by atoms with Gasteiger partial charge < -0.3 is 10.1 Å². The highest BCUT2D eigenvalue weighted by molar-refractivity contribution is 7.98. The summed E-state index contributed by atoms with van der Waals surface area (Å²) in [6, 6.07) is 20.9. The minimum atomic E-state index is -0.248. The lowest BCUT2D eigenvalue weighted by Crippen LogP contribution is -2.12. The number of thioether (sulfide) groups is 1. The molecule has 0 aliphatic rings. The van der Waals surface area contributed by atoms with E-state index >= 15 is 0 Å². The van der Waals surface area contributed by atoms with Crippen molar-refractivity contribution in [3.05, 3.63) is 84.7 Å². The monoisotopic (exact) mass is 416 g/mol. The van der Waals surface area contributed by atoms with Crippen LogP contribution in [0.3, 0.4) is 0 Å². The highest BCUT2D eigenvalue weighted by atomic mass is 32.2. The number of carbonyl (C=O) groups is 1. The van der Waals surface area contributed by atoms with Gasteiger partial charge in [-0.1, -0.05) is 18.2 Å². The first-order valence-corrected chi connectivity index (χ1v) is 10.5. The fraction of sp³-hybridized carbons (Fsp3) is 0.0870. The zero-order chi connectivity index (χ0) is 20.9. The number of carbonyl (C=O) groups excluding carboxylic acids is 1. The minimum absolute atomic E-state index is 0.248. The van der Waals surface area contributed by atoms with E-state index in [1.165, 1.54) is 0 Å². The minimum Gasteiger partial charge on any atom is -0.497 e. The van der Waals surface area contributed by atoms with Gasteiger partial charge in [0.05, 0.1) is 35.3 Å². The third-order valence-electron chi connectivity index (χ3n) is 4.55. The summed E-state index contributed by atoms with van der Waals surface area (Å²) < 4.78 is 6.95. The summed E-state index contributed by atoms with van der Waals surface area (Å²) in [4.78, 5) is 17.4. The molecule has 2 aromatic heterocycles. The maximum atomic E-state index is 13.1. The molecule has 4 aromatic rings. The van der Waals surface area contributed by atoms with Gasteiger partial charge in [0.15, 0.2) is 0 Å². The van der Waals surface area contributed by atoms with Crippen molar-refractivity contribution in [1.82, 2.24) is 14.8 Å². The van der Waals surface area contributed by atoms with Gasteiger partial charge in [0.1, 0.15) is 11.4 Å². The van der Waals surface area contributed by atoms with E-state index in [1.54, 1.807) is 35.9 Å². The summed E-state index contributed by atoms with van der Waals surface area (Å²) >= 11 is 1.55. The molecule has 30 heavy (non-hydrogen) atoms. The molecular formula is C23H20N4O2S. The second-order valence-electron chi connectivity index (χ2n) is 6.44. The zero-order valence-corrected chi connectivity index (χ0v) is 17.4. The first kappa shape index (κ1) is 19.7. The van der Waals surface area contributed by atoms with E-state index < -0.39 is 0 Å². The predicted octanol–water partition coefficient (Wildman–Crippen LogP) is 4.92. The van der Waals surface area contributed by atoms with Crippen molar-refractivity contribution in [2.75, 3.05) is 18.7 Å². The molecule has 2 heterocycles. The number of aromatic nitrogens is 3. The van der Waals surface area contributed by atoms with Gasteiger partial charge in [0.25, 0.3) is 5.91 Å². The van der Waals surface area contributed by atoms with Crippen LogP contribution in [0.2, 0.25) is 0 Å². The van der Waals surface area contributed by atoms with Crippen LogP contribution in [0, 0.1) is 0 Å². The van der Waals surface area contributed by atoms with E-state index in [2.05, 4.69) is 10.3 Å². The number of benzene rings is 2. The Balaban J connectivity index is 1.71. The highest BCUT2D eigenvalue weighted by Gasteiger charge is 2.19. The molecule has 0 saturated heterocycles. The van der Waals surface area contributed by atoms with Crippen LogP contribution < -0.4 is 10.1 Å². The lowest BCUT2D eigenvalue weighted by Gasteiger charge is -2.06. The Hall–Kier alpha value is -3.58. The van der Waals surface area contributed by atoms with Crippen LogP contribution in [0.4, 0.5) is 5.69 Å². The quantitative estimate of drug-likeness (QED) is 0.452. The van der Waals surface area contributed by atoms with Crippen molar-refractivity contribution in [2.24, 2.45) is 0 Å². The van der Waals surface area contributed by atoms with Crippen molar-refractivity contribution in [1.29, 1.82) is 0 Å². The Morgan fingerprint density at radius 1 is 1.03 bits per heavy atom. The second-order valence-corrected chi connectivity index (χ2v) is 7.27. The second kappa shape index (κ2) is 8.84. The van der Waals surface area contributed by atoms with E-state index in [9.17, 15) is 4.79 Å². The maximum absolute atomic E-state index is 13.1. The van der Waals surface area contributed by atoms with Crippen molar-refractivity contribution in [3.8, 4) is 22.7 Å². The Kier molecular flexibility index (Phi) is 5.81. The number of nitrogens with zero attached hydrogens (tertiary/aromatic N) is 3. The molecule has 0 unspecified atom stereocenters. The molecule has 150 valence electrons. The zero-order valence-electron chi connectivity index (χ0n) is 16.6. The molecule has 0 fully saturated rings. The fourth-order valence-corrected chi connectivity index (χ4v) is 3.35. The summed E-state index contributed by atoms with van der Waals surface area (Å²) in [7, 11) is 1.62. The van der Waals surface area contributed by atoms with Gasteiger partial charge >= 0.3 is 0 Å². The lowest BCUT2D eigenvalue weighted by atomic mass is 10.1. The molecule has 0 radical (unpaired) electrons. The van der Waals surface area contributed by atoms with Gasteiger partial charge in [-0.2, -0.15) is 5.10 Å². The van der Waals surface area contributed by atoms with Crippen molar-refractivity contribution < 1.29 is 9.53 Å². The normalized spacial score (nSPS) is 10.6. The van der Waals surface area contributed by atoms with E-state index in [0.717, 1.165) is 22.0 Å². The first-order valence-electron chi connectivity index (χ1n) is 9.29. The van der Waals surface area contributed by atoms with Gasteiger partial charge in [-0.05, 0) is 54.8 Å². The number of pyridine rings is 1. The molecule has 0 atom stereocenters. The Morgan fingerprint density at radius 2 is 1.80 bits per heavy atom. The van der Waals surface area contributed by atoms with Gasteiger partial charge in [-0.15, -0.1) is 11.8 Å². The van der Waals surface area contributed by atoms with Crippen LogP contribution in [-0.4, -0.2) is 34.0 Å². The summed E-state index contributed by atoms with van der Waals surface area (Å²) in [6.45, 7) is 0. The molecular weight excluding hydrogens is 396 g/mol. The van der Waals surface area contributed by atoms with Gasteiger partial charge in [0, 0.05) is 11.8 Å². The van der Waals surface area contributed by atoms with E-state index in [1.807, 2.05) is 73.0 Å². The van der Waals surface area contributed by atoms with Gasteiger partial charge in [-0.3, -0.25) is 4.79 Å². The number of hydrogen-bond acceptors (Lipinski definition) is 5. The standard InChI is InChI=1S/C23H20N4O2S/c1-29-19-11-8-16(9-12-19)22-20(15-27(26-22)18-6-4-3-5-7-18)23(28)25-17-10-13-21(30-2)24-14-17/h3-15H,1-2H3,(H,25,28). The Bertz CT molecular complexity index is 1140. The molecule has 0 bridgehead atoms. The van der Waals surface area contributed by atoms with Crippen molar-refractivity contribution in [3.63, 3.8) is 0 Å². The van der Waals surface area contributed by atoms with Crippen LogP contribution in [0.5, 0.6) is 5.75 Å². The van der Waals surface area contributed by atoms with Crippen molar-refractivity contribution >= 4 is 23.4 Å². The molecule has 4 rings (SSSR count). The van der Waals surface area contributed by atoms with Gasteiger partial charge in [0.2, 0.25) is 0 Å². The Morgan fingerprint density at radius 3 is 2.43 bits per heavy atom. The van der Waals surface area contributed by atoms with E-state index in [-0.39, 0.29) is 5.91 Å². The number of ether oxygens (including phenoxy) is 1. The number of anilines is 1. The molecule has 7 heteroatoms. The predicted molar refractivity (Wildman–Crippen MR) is 120 cm³/mol. The number of para-hydroxylation sites is 1. The van der Waals surface area contributed by atoms with Crippen LogP contribution in [-0.2, 0) is 0 Å². The molecule has 1 amide bonds. The summed E-state index contributed by atoms with van der Waals surface area (Å²) in [5.74, 6) is 0.494. The third kappa shape index (κ3) is 4.21. The molecule has 0 aliphatic heterocycles. The maximum Gasteiger partial charge on any atom is 0.259 e. The average molecular weight is 417 g/mol. The topological polar surface area (TPSA) is 69.0 Å². The number of nitrogens with one attached hydrogen (secondary N) is 1. The van der Waals surface area contributed by atoms with Gasteiger partial charge in [-0.25, -0.2) is 9.67 Å². The molecule has 0 spiro atoms. The number of methoxy groups -OCH3 is 1. The Labute approximate surface area is 178 Å². The third-order valence-corrected chi connectivity index (χ3v) is 5.21. The summed E-state index contributed by atoms with van der Waals surface area (Å²) in [6.07, 6.45) is 5.35. The van der Waals surface area contributed by atoms with Crippen LogP contribution in [0.25, 0.3) is 16.9 Å². The lowest BCUT2D eigenvalue weighted by molar-refractivity contribution is 0.102. The number of hydrogen-bond donors (Lipinski definition) is 1. The average Bonchev–Trinajstić information content (AvgIpc) is 3.26. The van der Waals surface area contributed by atoms with E-state index in [4.69, 9.17) is 9.84 Å². The van der Waals surface area contributed by atoms with E-state index in [0.29, 0.717) is 16.9 Å². The number of rotatable bonds is 6. The van der Waals surface area contributed by atoms with Crippen molar-refractivity contribution in [2.45, 2.75) is 5.03 Å². The van der Waals surface area contributed by atoms with Crippen LogP contribution in [0.1, 0.15) is 10.4 Å².